The molecule has 5 nitrogen and oxygen atoms in total. The van der Waals surface area contributed by atoms with Crippen LogP contribution in [-0.4, -0.2) is 44.7 Å². The van der Waals surface area contributed by atoms with Crippen LogP contribution in [-0.2, 0) is 16.3 Å². The summed E-state index contributed by atoms with van der Waals surface area (Å²) in [6, 6.07) is 6.01. The fraction of sp³-hybridized carbons (Fsp3) is 0.471. The van der Waals surface area contributed by atoms with Crippen LogP contribution >= 0.6 is 0 Å². The van der Waals surface area contributed by atoms with Crippen LogP contribution in [0.15, 0.2) is 29.3 Å². The molecule has 1 saturated heterocycles. The van der Waals surface area contributed by atoms with E-state index in [1.807, 2.05) is 12.1 Å². The van der Waals surface area contributed by atoms with E-state index in [0.717, 1.165) is 36.7 Å². The van der Waals surface area contributed by atoms with Gasteiger partial charge in [0.2, 0.25) is 0 Å². The van der Waals surface area contributed by atoms with E-state index in [4.69, 9.17) is 5.73 Å². The van der Waals surface area contributed by atoms with E-state index >= 15 is 0 Å². The number of nitrogens with zero attached hydrogens (tertiary/aromatic N) is 2. The molecule has 0 radical (unpaired) electrons. The van der Waals surface area contributed by atoms with Crippen LogP contribution < -0.4 is 5.73 Å². The average molecular weight is 333 g/mol. The van der Waals surface area contributed by atoms with Gasteiger partial charge in [0.05, 0.1) is 11.2 Å². The molecule has 0 aliphatic carbocycles. The number of anilines is 1. The summed E-state index contributed by atoms with van der Waals surface area (Å²) in [7, 11) is -1.21. The molecular formula is C17H23N3O2S. The van der Waals surface area contributed by atoms with Crippen LogP contribution in [0.3, 0.4) is 0 Å². The first-order chi connectivity index (χ1) is 10.8. The Kier molecular flexibility index (Phi) is 4.29. The van der Waals surface area contributed by atoms with Gasteiger partial charge in [-0.15, -0.1) is 0 Å². The van der Waals surface area contributed by atoms with Crippen molar-refractivity contribution in [2.24, 2.45) is 5.92 Å². The molecule has 2 N–H and O–H groups in total. The molecule has 0 atom stereocenters. The fourth-order valence-electron chi connectivity index (χ4n) is 3.26. The van der Waals surface area contributed by atoms with Crippen molar-refractivity contribution in [2.45, 2.75) is 24.2 Å². The number of hydrogen-bond donors (Lipinski definition) is 1. The summed E-state index contributed by atoms with van der Waals surface area (Å²) in [5, 5.41) is 0.735. The van der Waals surface area contributed by atoms with Crippen molar-refractivity contribution >= 4 is 26.4 Å². The number of aromatic nitrogens is 1. The zero-order valence-electron chi connectivity index (χ0n) is 13.6. The third-order valence-electron chi connectivity index (χ3n) is 4.70. The van der Waals surface area contributed by atoms with E-state index in [0.29, 0.717) is 11.6 Å². The second kappa shape index (κ2) is 6.09. The molecular weight excluding hydrogens is 310 g/mol. The van der Waals surface area contributed by atoms with Gasteiger partial charge in [0.15, 0.2) is 9.84 Å². The first-order valence-electron chi connectivity index (χ1n) is 7.90. The quantitative estimate of drug-likeness (QED) is 0.931. The van der Waals surface area contributed by atoms with E-state index in [1.54, 1.807) is 0 Å². The van der Waals surface area contributed by atoms with Gasteiger partial charge in [-0.2, -0.15) is 0 Å². The molecule has 2 aromatic rings. The van der Waals surface area contributed by atoms with Crippen molar-refractivity contribution < 1.29 is 8.42 Å². The molecule has 0 bridgehead atoms. The number of nitrogen functional groups attached to an aromatic ring is 1. The lowest BCUT2D eigenvalue weighted by atomic mass is 9.90. The van der Waals surface area contributed by atoms with Gasteiger partial charge in [0.25, 0.3) is 0 Å². The third kappa shape index (κ3) is 3.48. The third-order valence-corrected chi connectivity index (χ3v) is 5.82. The minimum Gasteiger partial charge on any atom is -0.397 e. The molecule has 2 heterocycles. The average Bonchev–Trinajstić information content (AvgIpc) is 2.49. The number of likely N-dealkylation sites (tertiary alicyclic amines) is 1. The summed E-state index contributed by atoms with van der Waals surface area (Å²) in [6.45, 7) is 2.28. The van der Waals surface area contributed by atoms with E-state index < -0.39 is 9.84 Å². The standard InChI is InChI=1S/C17H23N3O2S/c1-20-7-5-12(6-8-20)9-13-3-4-15-14(10-13)17(18)16(11-19-15)23(2,21)22/h3-4,10-12H,5-9H2,1-2H3,(H2,18,19). The number of benzene rings is 1. The summed E-state index contributed by atoms with van der Waals surface area (Å²) in [6.07, 6.45) is 5.92. The Balaban J connectivity index is 1.93. The number of hydrogen-bond acceptors (Lipinski definition) is 5. The maximum Gasteiger partial charge on any atom is 0.179 e. The largest absolute Gasteiger partial charge is 0.397 e. The van der Waals surface area contributed by atoms with Crippen LogP contribution in [0.2, 0.25) is 0 Å². The van der Waals surface area contributed by atoms with Gasteiger partial charge in [-0.25, -0.2) is 8.42 Å². The van der Waals surface area contributed by atoms with Crippen molar-refractivity contribution in [3.63, 3.8) is 0 Å². The minimum absolute atomic E-state index is 0.112. The maximum atomic E-state index is 11.8. The number of piperidine rings is 1. The highest BCUT2D eigenvalue weighted by atomic mass is 32.2. The first kappa shape index (κ1) is 16.2. The lowest BCUT2D eigenvalue weighted by Crippen LogP contribution is -2.30. The summed E-state index contributed by atoms with van der Waals surface area (Å²) in [5.74, 6) is 0.677. The lowest BCUT2D eigenvalue weighted by Gasteiger charge is -2.29. The number of pyridine rings is 1. The van der Waals surface area contributed by atoms with Crippen LogP contribution in [0.4, 0.5) is 5.69 Å². The predicted molar refractivity (Wildman–Crippen MR) is 93.2 cm³/mol. The van der Waals surface area contributed by atoms with Gasteiger partial charge >= 0.3 is 0 Å². The summed E-state index contributed by atoms with van der Waals surface area (Å²) < 4.78 is 23.6. The van der Waals surface area contributed by atoms with Gasteiger partial charge in [-0.1, -0.05) is 6.07 Å². The molecule has 0 spiro atoms. The van der Waals surface area contributed by atoms with Gasteiger partial charge in [-0.3, -0.25) is 4.98 Å². The molecule has 3 rings (SSSR count). The van der Waals surface area contributed by atoms with Crippen molar-refractivity contribution in [3.05, 3.63) is 30.0 Å². The molecule has 1 aromatic heterocycles. The number of rotatable bonds is 3. The molecule has 1 aliphatic rings. The molecule has 1 fully saturated rings. The van der Waals surface area contributed by atoms with E-state index in [-0.39, 0.29) is 4.90 Å². The van der Waals surface area contributed by atoms with Crippen molar-refractivity contribution in [2.75, 3.05) is 32.1 Å². The van der Waals surface area contributed by atoms with Crippen molar-refractivity contribution in [3.8, 4) is 0 Å². The van der Waals surface area contributed by atoms with Crippen LogP contribution in [0.5, 0.6) is 0 Å². The second-order valence-electron chi connectivity index (χ2n) is 6.61. The lowest BCUT2D eigenvalue weighted by molar-refractivity contribution is 0.219. The Hall–Kier alpha value is -1.66. The Morgan fingerprint density at radius 3 is 2.65 bits per heavy atom. The molecule has 1 aliphatic heterocycles. The van der Waals surface area contributed by atoms with Gasteiger partial charge in [0, 0.05) is 17.8 Å². The summed E-state index contributed by atoms with van der Waals surface area (Å²) in [5.41, 5.74) is 8.35. The summed E-state index contributed by atoms with van der Waals surface area (Å²) >= 11 is 0. The highest BCUT2D eigenvalue weighted by Crippen LogP contribution is 2.29. The monoisotopic (exact) mass is 333 g/mol. The van der Waals surface area contributed by atoms with Crippen molar-refractivity contribution in [1.29, 1.82) is 0 Å². The van der Waals surface area contributed by atoms with E-state index in [1.165, 1.54) is 24.6 Å². The van der Waals surface area contributed by atoms with Gasteiger partial charge in [-0.05, 0) is 63.0 Å². The fourth-order valence-corrected chi connectivity index (χ4v) is 4.02. The molecule has 6 heteroatoms. The van der Waals surface area contributed by atoms with Gasteiger partial charge in [0.1, 0.15) is 4.90 Å². The summed E-state index contributed by atoms with van der Waals surface area (Å²) in [4.78, 5) is 6.71. The smallest absolute Gasteiger partial charge is 0.179 e. The molecule has 0 amide bonds. The Bertz CT molecular complexity index is 825. The Labute approximate surface area is 137 Å². The Morgan fingerprint density at radius 1 is 1.30 bits per heavy atom. The zero-order valence-corrected chi connectivity index (χ0v) is 14.4. The first-order valence-corrected chi connectivity index (χ1v) is 9.79. The highest BCUT2D eigenvalue weighted by Gasteiger charge is 2.18. The number of sulfone groups is 1. The van der Waals surface area contributed by atoms with Crippen LogP contribution in [0, 0.1) is 5.92 Å². The topological polar surface area (TPSA) is 76.3 Å². The molecule has 1 aromatic carbocycles. The van der Waals surface area contributed by atoms with Gasteiger partial charge < -0.3 is 10.6 Å². The zero-order chi connectivity index (χ0) is 16.6. The van der Waals surface area contributed by atoms with Crippen LogP contribution in [0.1, 0.15) is 18.4 Å². The highest BCUT2D eigenvalue weighted by molar-refractivity contribution is 7.90. The molecule has 0 unspecified atom stereocenters. The normalized spacial score (nSPS) is 17.7. The number of fused-ring (bicyclic) bond motifs is 1. The number of nitrogens with two attached hydrogens (primary N) is 1. The van der Waals surface area contributed by atoms with E-state index in [2.05, 4.69) is 23.0 Å². The van der Waals surface area contributed by atoms with Crippen LogP contribution in [0.25, 0.3) is 10.9 Å². The Morgan fingerprint density at radius 2 is 2.00 bits per heavy atom. The second-order valence-corrected chi connectivity index (χ2v) is 8.59. The molecule has 0 saturated carbocycles. The minimum atomic E-state index is -3.36. The SMILES string of the molecule is CN1CCC(Cc2ccc3ncc(S(C)(=O)=O)c(N)c3c2)CC1. The van der Waals surface area contributed by atoms with E-state index in [9.17, 15) is 8.42 Å². The van der Waals surface area contributed by atoms with Crippen molar-refractivity contribution in [1.82, 2.24) is 9.88 Å². The predicted octanol–water partition coefficient (Wildman–Crippen LogP) is 2.10. The molecule has 23 heavy (non-hydrogen) atoms. The maximum absolute atomic E-state index is 11.8. The molecule has 124 valence electrons.